The predicted molar refractivity (Wildman–Crippen MR) is 63.1 cm³/mol. The fourth-order valence-electron chi connectivity index (χ4n) is 1.41. The van der Waals surface area contributed by atoms with E-state index < -0.39 is 4.92 Å². The number of nitro groups is 1. The minimum Gasteiger partial charge on any atom is -0.390 e. The maximum Gasteiger partial charge on any atom is 0.321 e. The molecule has 0 atom stereocenters. The first-order valence-corrected chi connectivity index (χ1v) is 5.82. The first-order valence-electron chi connectivity index (χ1n) is 5.00. The molecule has 0 radical (unpaired) electrons. The quantitative estimate of drug-likeness (QED) is 0.648. The van der Waals surface area contributed by atoms with Gasteiger partial charge in [0.15, 0.2) is 5.16 Å². The molecule has 0 aliphatic carbocycles. The third-order valence-electron chi connectivity index (χ3n) is 2.37. The molecule has 2 heterocycles. The number of aryl methyl sites for hydroxylation is 1. The largest absolute Gasteiger partial charge is 0.390 e. The summed E-state index contributed by atoms with van der Waals surface area (Å²) >= 11 is 1.09. The lowest BCUT2D eigenvalue weighted by Gasteiger charge is -2.01. The Morgan fingerprint density at radius 3 is 2.83 bits per heavy atom. The number of aliphatic hydroxyl groups is 1. The standard InChI is InChI=1S/C9H11N5O3S/c1-12-4-7(14(16)17)8(11-12)18-9-10-3-6(5-15)13(9)2/h3-4,15H,5H2,1-2H3. The minimum atomic E-state index is -0.481. The molecule has 2 rings (SSSR count). The molecule has 0 aliphatic heterocycles. The summed E-state index contributed by atoms with van der Waals surface area (Å²) in [6.45, 7) is -0.131. The minimum absolute atomic E-state index is 0.0592. The second kappa shape index (κ2) is 4.78. The Kier molecular flexibility index (Phi) is 3.34. The van der Waals surface area contributed by atoms with Crippen LogP contribution in [0.2, 0.25) is 0 Å². The number of imidazole rings is 1. The summed E-state index contributed by atoms with van der Waals surface area (Å²) in [6, 6.07) is 0. The van der Waals surface area contributed by atoms with E-state index in [9.17, 15) is 10.1 Å². The number of aromatic nitrogens is 4. The van der Waals surface area contributed by atoms with Crippen LogP contribution in [-0.2, 0) is 20.7 Å². The SMILES string of the molecule is Cn1cc([N+](=O)[O-])c(Sc2ncc(CO)n2C)n1. The summed E-state index contributed by atoms with van der Waals surface area (Å²) in [5, 5.41) is 24.7. The van der Waals surface area contributed by atoms with E-state index in [4.69, 9.17) is 5.11 Å². The van der Waals surface area contributed by atoms with Crippen molar-refractivity contribution in [1.29, 1.82) is 0 Å². The van der Waals surface area contributed by atoms with E-state index in [2.05, 4.69) is 10.1 Å². The number of rotatable bonds is 4. The smallest absolute Gasteiger partial charge is 0.321 e. The average Bonchev–Trinajstić information content (AvgIpc) is 2.84. The van der Waals surface area contributed by atoms with Gasteiger partial charge >= 0.3 is 5.69 Å². The van der Waals surface area contributed by atoms with Crippen molar-refractivity contribution in [2.45, 2.75) is 16.8 Å². The number of nitrogens with zero attached hydrogens (tertiary/aromatic N) is 5. The van der Waals surface area contributed by atoms with Crippen molar-refractivity contribution >= 4 is 17.4 Å². The summed E-state index contributed by atoms with van der Waals surface area (Å²) in [7, 11) is 3.35. The Morgan fingerprint density at radius 1 is 1.56 bits per heavy atom. The van der Waals surface area contributed by atoms with E-state index in [-0.39, 0.29) is 17.3 Å². The van der Waals surface area contributed by atoms with Gasteiger partial charge in [-0.25, -0.2) is 4.98 Å². The van der Waals surface area contributed by atoms with Crippen LogP contribution in [0.4, 0.5) is 5.69 Å². The van der Waals surface area contributed by atoms with Gasteiger partial charge in [0.25, 0.3) is 0 Å². The molecule has 0 aliphatic rings. The highest BCUT2D eigenvalue weighted by atomic mass is 32.2. The summed E-state index contributed by atoms with van der Waals surface area (Å²) in [5.74, 6) is 0. The highest BCUT2D eigenvalue weighted by Crippen LogP contribution is 2.32. The molecular weight excluding hydrogens is 258 g/mol. The van der Waals surface area contributed by atoms with Crippen molar-refractivity contribution in [2.24, 2.45) is 14.1 Å². The average molecular weight is 269 g/mol. The molecule has 8 nitrogen and oxygen atoms in total. The van der Waals surface area contributed by atoms with Crippen molar-refractivity contribution in [2.75, 3.05) is 0 Å². The van der Waals surface area contributed by atoms with Crippen molar-refractivity contribution < 1.29 is 10.0 Å². The molecular formula is C9H11N5O3S. The second-order valence-electron chi connectivity index (χ2n) is 3.60. The van der Waals surface area contributed by atoms with Gasteiger partial charge in [0.1, 0.15) is 6.20 Å². The van der Waals surface area contributed by atoms with Crippen molar-refractivity contribution in [1.82, 2.24) is 19.3 Å². The van der Waals surface area contributed by atoms with Gasteiger partial charge in [-0.15, -0.1) is 0 Å². The van der Waals surface area contributed by atoms with Crippen molar-refractivity contribution in [3.05, 3.63) is 28.2 Å². The lowest BCUT2D eigenvalue weighted by Crippen LogP contribution is -1.97. The zero-order chi connectivity index (χ0) is 13.3. The normalized spacial score (nSPS) is 10.8. The molecule has 1 N–H and O–H groups in total. The van der Waals surface area contributed by atoms with Crippen LogP contribution in [0.1, 0.15) is 5.69 Å². The molecule has 0 spiro atoms. The fraction of sp³-hybridized carbons (Fsp3) is 0.333. The van der Waals surface area contributed by atoms with Gasteiger partial charge in [0.05, 0.1) is 23.4 Å². The van der Waals surface area contributed by atoms with Crippen LogP contribution in [0.25, 0.3) is 0 Å². The van der Waals surface area contributed by atoms with E-state index in [1.807, 2.05) is 0 Å². The molecule has 2 aromatic heterocycles. The van der Waals surface area contributed by atoms with Gasteiger partial charge in [-0.2, -0.15) is 5.10 Å². The molecule has 0 saturated heterocycles. The third kappa shape index (κ3) is 2.22. The van der Waals surface area contributed by atoms with Gasteiger partial charge in [-0.05, 0) is 11.8 Å². The van der Waals surface area contributed by atoms with Crippen LogP contribution in [0, 0.1) is 10.1 Å². The Hall–Kier alpha value is -1.87. The Bertz CT molecular complexity index is 591. The van der Waals surface area contributed by atoms with E-state index in [0.29, 0.717) is 10.9 Å². The molecule has 0 fully saturated rings. The van der Waals surface area contributed by atoms with E-state index in [1.165, 1.54) is 17.1 Å². The summed E-state index contributed by atoms with van der Waals surface area (Å²) in [6.07, 6.45) is 2.87. The summed E-state index contributed by atoms with van der Waals surface area (Å²) < 4.78 is 3.05. The lowest BCUT2D eigenvalue weighted by molar-refractivity contribution is -0.387. The third-order valence-corrected chi connectivity index (χ3v) is 3.41. The van der Waals surface area contributed by atoms with Gasteiger partial charge in [0.2, 0.25) is 5.03 Å². The summed E-state index contributed by atoms with van der Waals surface area (Å²) in [5.41, 5.74) is 0.576. The molecule has 0 aromatic carbocycles. The first-order chi connectivity index (χ1) is 8.52. The van der Waals surface area contributed by atoms with Crippen LogP contribution < -0.4 is 0 Å². The maximum absolute atomic E-state index is 10.8. The van der Waals surface area contributed by atoms with E-state index in [0.717, 1.165) is 11.8 Å². The predicted octanol–water partition coefficient (Wildman–Crippen LogP) is 0.705. The zero-order valence-corrected chi connectivity index (χ0v) is 10.6. The molecule has 0 bridgehead atoms. The van der Waals surface area contributed by atoms with Gasteiger partial charge in [-0.1, -0.05) is 0 Å². The monoisotopic (exact) mass is 269 g/mol. The van der Waals surface area contributed by atoms with Crippen molar-refractivity contribution in [3.63, 3.8) is 0 Å². The molecule has 0 unspecified atom stereocenters. The number of aliphatic hydroxyl groups excluding tert-OH is 1. The molecule has 0 saturated carbocycles. The highest BCUT2D eigenvalue weighted by molar-refractivity contribution is 7.99. The second-order valence-corrected chi connectivity index (χ2v) is 4.56. The molecule has 0 amide bonds. The highest BCUT2D eigenvalue weighted by Gasteiger charge is 2.21. The molecule has 9 heteroatoms. The Labute approximate surface area is 106 Å². The lowest BCUT2D eigenvalue weighted by atomic mass is 10.5. The van der Waals surface area contributed by atoms with Crippen LogP contribution in [0.5, 0.6) is 0 Å². The van der Waals surface area contributed by atoms with Gasteiger partial charge in [-0.3, -0.25) is 14.8 Å². The molecule has 18 heavy (non-hydrogen) atoms. The Balaban J connectivity index is 2.33. The Morgan fingerprint density at radius 2 is 2.28 bits per heavy atom. The first kappa shape index (κ1) is 12.6. The van der Waals surface area contributed by atoms with Gasteiger partial charge in [0, 0.05) is 14.1 Å². The molecule has 2 aromatic rings. The topological polar surface area (TPSA) is 99.0 Å². The van der Waals surface area contributed by atoms with Crippen LogP contribution >= 0.6 is 11.8 Å². The van der Waals surface area contributed by atoms with Gasteiger partial charge < -0.3 is 9.67 Å². The molecule has 96 valence electrons. The number of hydrogen-bond donors (Lipinski definition) is 1. The maximum atomic E-state index is 10.8. The number of hydrogen-bond acceptors (Lipinski definition) is 6. The van der Waals surface area contributed by atoms with Crippen molar-refractivity contribution in [3.8, 4) is 0 Å². The van der Waals surface area contributed by atoms with Crippen LogP contribution in [0.15, 0.2) is 22.6 Å². The fourth-order valence-corrected chi connectivity index (χ4v) is 2.34. The van der Waals surface area contributed by atoms with Crippen LogP contribution in [0.3, 0.4) is 0 Å². The van der Waals surface area contributed by atoms with E-state index >= 15 is 0 Å². The van der Waals surface area contributed by atoms with Crippen LogP contribution in [-0.4, -0.2) is 29.4 Å². The summed E-state index contributed by atoms with van der Waals surface area (Å²) in [4.78, 5) is 14.4. The zero-order valence-electron chi connectivity index (χ0n) is 9.77. The van der Waals surface area contributed by atoms with E-state index in [1.54, 1.807) is 18.7 Å².